The molecule has 3 heteroatoms. The number of hydrogen-bond donors (Lipinski definition) is 2. The normalized spacial score (nSPS) is 12.4. The van der Waals surface area contributed by atoms with Gasteiger partial charge >= 0.3 is 5.97 Å². The van der Waals surface area contributed by atoms with E-state index in [-0.39, 0.29) is 12.5 Å². The van der Waals surface area contributed by atoms with Crippen LogP contribution in [-0.4, -0.2) is 11.1 Å². The van der Waals surface area contributed by atoms with Gasteiger partial charge in [-0.05, 0) is 24.0 Å². The molecule has 0 aromatic heterocycles. The summed E-state index contributed by atoms with van der Waals surface area (Å²) in [5, 5.41) is 8.63. The van der Waals surface area contributed by atoms with Crippen LogP contribution in [0.4, 0.5) is 0 Å². The molecular weight excluding hydrogens is 190 g/mol. The lowest BCUT2D eigenvalue weighted by atomic mass is 9.96. The van der Waals surface area contributed by atoms with E-state index in [1.165, 1.54) is 0 Å². The highest BCUT2D eigenvalue weighted by molar-refractivity contribution is 5.67. The average molecular weight is 207 g/mol. The zero-order chi connectivity index (χ0) is 11.3. The smallest absolute Gasteiger partial charge is 0.303 e. The van der Waals surface area contributed by atoms with Crippen molar-refractivity contribution in [2.45, 2.75) is 32.2 Å². The third-order valence-corrected chi connectivity index (χ3v) is 2.50. The molecule has 1 aromatic carbocycles. The second-order valence-corrected chi connectivity index (χ2v) is 3.61. The molecule has 3 nitrogen and oxygen atoms in total. The lowest BCUT2D eigenvalue weighted by Crippen LogP contribution is -2.12. The summed E-state index contributed by atoms with van der Waals surface area (Å²) in [5.41, 5.74) is 8.07. The summed E-state index contributed by atoms with van der Waals surface area (Å²) in [4.78, 5) is 10.5. The summed E-state index contributed by atoms with van der Waals surface area (Å²) in [6.07, 6.45) is 1.58. The number of carboxylic acids is 1. The Kier molecular flexibility index (Phi) is 4.31. The molecule has 1 rings (SSSR count). The van der Waals surface area contributed by atoms with Crippen molar-refractivity contribution >= 4 is 5.97 Å². The fourth-order valence-electron chi connectivity index (χ4n) is 1.59. The molecule has 0 aliphatic carbocycles. The lowest BCUT2D eigenvalue weighted by molar-refractivity contribution is -0.136. The molecule has 1 unspecified atom stereocenters. The number of hydrogen-bond acceptors (Lipinski definition) is 2. The number of aliphatic carboxylic acids is 1. The van der Waals surface area contributed by atoms with Gasteiger partial charge in [-0.1, -0.05) is 31.2 Å². The van der Waals surface area contributed by atoms with E-state index in [2.05, 4.69) is 0 Å². The molecule has 0 fully saturated rings. The number of carbonyl (C=O) groups is 1. The van der Waals surface area contributed by atoms with Gasteiger partial charge in [0.05, 0.1) is 0 Å². The van der Waals surface area contributed by atoms with Crippen molar-refractivity contribution in [3.63, 3.8) is 0 Å². The Morgan fingerprint density at radius 2 is 2.13 bits per heavy atom. The molecule has 0 amide bonds. The topological polar surface area (TPSA) is 63.3 Å². The Hall–Kier alpha value is -1.35. The van der Waals surface area contributed by atoms with E-state index < -0.39 is 5.97 Å². The molecule has 82 valence electrons. The zero-order valence-electron chi connectivity index (χ0n) is 8.94. The lowest BCUT2D eigenvalue weighted by Gasteiger charge is -2.14. The van der Waals surface area contributed by atoms with E-state index in [1.807, 2.05) is 31.2 Å². The number of carboxylic acid groups (broad SMARTS) is 1. The van der Waals surface area contributed by atoms with Gasteiger partial charge in [-0.15, -0.1) is 0 Å². The number of rotatable bonds is 5. The standard InChI is InChI=1S/C12H17NO2/c1-2-11(13)10-6-4-3-5-9(10)7-8-12(14)15/h3-6,11H,2,7-8,13H2,1H3,(H,14,15). The second kappa shape index (κ2) is 5.51. The fourth-order valence-corrected chi connectivity index (χ4v) is 1.59. The molecule has 0 aliphatic heterocycles. The van der Waals surface area contributed by atoms with Gasteiger partial charge in [0.2, 0.25) is 0 Å². The molecule has 0 spiro atoms. The Morgan fingerprint density at radius 1 is 1.47 bits per heavy atom. The molecule has 1 aromatic rings. The van der Waals surface area contributed by atoms with Gasteiger partial charge < -0.3 is 10.8 Å². The van der Waals surface area contributed by atoms with Gasteiger partial charge in [-0.25, -0.2) is 0 Å². The third kappa shape index (κ3) is 3.36. The van der Waals surface area contributed by atoms with E-state index >= 15 is 0 Å². The van der Waals surface area contributed by atoms with E-state index in [4.69, 9.17) is 10.8 Å². The van der Waals surface area contributed by atoms with Crippen LogP contribution in [0.15, 0.2) is 24.3 Å². The highest BCUT2D eigenvalue weighted by Gasteiger charge is 2.09. The van der Waals surface area contributed by atoms with Gasteiger partial charge in [0.1, 0.15) is 0 Å². The monoisotopic (exact) mass is 207 g/mol. The highest BCUT2D eigenvalue weighted by atomic mass is 16.4. The fraction of sp³-hybridized carbons (Fsp3) is 0.417. The van der Waals surface area contributed by atoms with Crippen LogP contribution in [-0.2, 0) is 11.2 Å². The molecular formula is C12H17NO2. The minimum atomic E-state index is -0.769. The van der Waals surface area contributed by atoms with Crippen LogP contribution in [0.3, 0.4) is 0 Å². The van der Waals surface area contributed by atoms with Gasteiger partial charge in [-0.3, -0.25) is 4.79 Å². The number of nitrogens with two attached hydrogens (primary N) is 1. The third-order valence-electron chi connectivity index (χ3n) is 2.50. The quantitative estimate of drug-likeness (QED) is 0.777. The van der Waals surface area contributed by atoms with Crippen molar-refractivity contribution in [1.82, 2.24) is 0 Å². The maximum atomic E-state index is 10.5. The predicted molar refractivity (Wildman–Crippen MR) is 59.6 cm³/mol. The first-order valence-electron chi connectivity index (χ1n) is 5.20. The van der Waals surface area contributed by atoms with Crippen LogP contribution >= 0.6 is 0 Å². The minimum absolute atomic E-state index is 0.00925. The average Bonchev–Trinajstić information content (AvgIpc) is 2.25. The zero-order valence-corrected chi connectivity index (χ0v) is 8.94. The van der Waals surface area contributed by atoms with E-state index in [1.54, 1.807) is 0 Å². The molecule has 3 N–H and O–H groups in total. The van der Waals surface area contributed by atoms with Crippen LogP contribution in [0.25, 0.3) is 0 Å². The molecule has 15 heavy (non-hydrogen) atoms. The molecule has 0 saturated carbocycles. The van der Waals surface area contributed by atoms with Gasteiger partial charge in [0, 0.05) is 12.5 Å². The van der Waals surface area contributed by atoms with Crippen molar-refractivity contribution in [2.75, 3.05) is 0 Å². The Labute approximate surface area is 89.9 Å². The summed E-state index contributed by atoms with van der Waals surface area (Å²) in [6.45, 7) is 2.03. The first kappa shape index (κ1) is 11.7. The largest absolute Gasteiger partial charge is 0.481 e. The molecule has 0 aliphatic rings. The van der Waals surface area contributed by atoms with Gasteiger partial charge in [0.15, 0.2) is 0 Å². The highest BCUT2D eigenvalue weighted by Crippen LogP contribution is 2.19. The van der Waals surface area contributed by atoms with Crippen LogP contribution in [0, 0.1) is 0 Å². The van der Waals surface area contributed by atoms with E-state index in [0.717, 1.165) is 17.5 Å². The molecule has 0 bridgehead atoms. The minimum Gasteiger partial charge on any atom is -0.481 e. The van der Waals surface area contributed by atoms with E-state index in [9.17, 15) is 4.79 Å². The maximum Gasteiger partial charge on any atom is 0.303 e. The summed E-state index contributed by atoms with van der Waals surface area (Å²) in [6, 6.07) is 7.80. The van der Waals surface area contributed by atoms with Crippen LogP contribution < -0.4 is 5.73 Å². The van der Waals surface area contributed by atoms with Crippen LogP contribution in [0.5, 0.6) is 0 Å². The van der Waals surface area contributed by atoms with Crippen molar-refractivity contribution in [3.05, 3.63) is 35.4 Å². The molecule has 0 radical (unpaired) electrons. The van der Waals surface area contributed by atoms with Crippen LogP contribution in [0.1, 0.15) is 36.9 Å². The van der Waals surface area contributed by atoms with Crippen molar-refractivity contribution in [3.8, 4) is 0 Å². The van der Waals surface area contributed by atoms with Crippen molar-refractivity contribution < 1.29 is 9.90 Å². The summed E-state index contributed by atoms with van der Waals surface area (Å²) in [7, 11) is 0. The number of aryl methyl sites for hydroxylation is 1. The Balaban J connectivity index is 2.81. The Morgan fingerprint density at radius 3 is 2.73 bits per heavy atom. The van der Waals surface area contributed by atoms with Gasteiger partial charge in [0.25, 0.3) is 0 Å². The molecule has 0 heterocycles. The van der Waals surface area contributed by atoms with E-state index in [0.29, 0.717) is 6.42 Å². The second-order valence-electron chi connectivity index (χ2n) is 3.61. The van der Waals surface area contributed by atoms with Crippen molar-refractivity contribution in [1.29, 1.82) is 0 Å². The molecule has 1 atom stereocenters. The maximum absolute atomic E-state index is 10.5. The first-order chi connectivity index (χ1) is 7.15. The summed E-state index contributed by atoms with van der Waals surface area (Å²) in [5.74, 6) is -0.769. The first-order valence-corrected chi connectivity index (χ1v) is 5.20. The summed E-state index contributed by atoms with van der Waals surface area (Å²) >= 11 is 0. The van der Waals surface area contributed by atoms with Crippen LogP contribution in [0.2, 0.25) is 0 Å². The van der Waals surface area contributed by atoms with Crippen molar-refractivity contribution in [2.24, 2.45) is 5.73 Å². The van der Waals surface area contributed by atoms with Gasteiger partial charge in [-0.2, -0.15) is 0 Å². The SMILES string of the molecule is CCC(N)c1ccccc1CCC(=O)O. The number of benzene rings is 1. The molecule has 0 saturated heterocycles. The Bertz CT molecular complexity index is 336. The predicted octanol–water partition coefficient (Wildman–Crippen LogP) is 2.11. The summed E-state index contributed by atoms with van der Waals surface area (Å²) < 4.78 is 0.